The van der Waals surface area contributed by atoms with Crippen molar-refractivity contribution in [3.8, 4) is 5.75 Å². The number of alkyl halides is 3. The van der Waals surface area contributed by atoms with E-state index in [0.717, 1.165) is 11.6 Å². The van der Waals surface area contributed by atoms with Crippen LogP contribution in [-0.4, -0.2) is 12.3 Å². The van der Waals surface area contributed by atoms with Crippen molar-refractivity contribution in [2.45, 2.75) is 27.1 Å². The smallest absolute Gasteiger partial charge is 0.405 e. The van der Waals surface area contributed by atoms with Crippen LogP contribution < -0.4 is 10.5 Å². The summed E-state index contributed by atoms with van der Waals surface area (Å²) in [5, 5.41) is 0.103. The molecule has 0 aliphatic carbocycles. The molecular weight excluding hydrogens is 402 g/mol. The number of nitrogens with two attached hydrogens (primary N) is 1. The third-order valence-corrected chi connectivity index (χ3v) is 4.08. The fraction of sp³-hybridized carbons (Fsp3) is 0.211. The number of hydrogen-bond acceptors (Lipinski definition) is 2. The van der Waals surface area contributed by atoms with E-state index in [-0.39, 0.29) is 15.6 Å². The molecule has 146 valence electrons. The first-order chi connectivity index (χ1) is 12.4. The number of carbonyl (C=O) groups is 1. The number of halogens is 5. The van der Waals surface area contributed by atoms with Crippen LogP contribution in [0.3, 0.4) is 0 Å². The van der Waals surface area contributed by atoms with E-state index in [1.54, 1.807) is 37.3 Å². The highest BCUT2D eigenvalue weighted by atomic mass is 35.5. The molecule has 1 aromatic rings. The zero-order chi connectivity index (χ0) is 20.8. The van der Waals surface area contributed by atoms with E-state index < -0.39 is 18.0 Å². The fourth-order valence-corrected chi connectivity index (χ4v) is 2.56. The molecule has 0 heterocycles. The monoisotopic (exact) mass is 419 g/mol. The maximum Gasteiger partial charge on any atom is 0.573 e. The van der Waals surface area contributed by atoms with Crippen LogP contribution in [0, 0.1) is 6.92 Å². The third kappa shape index (κ3) is 7.93. The summed E-state index contributed by atoms with van der Waals surface area (Å²) in [4.78, 5) is 10.7. The molecule has 8 heteroatoms. The Morgan fingerprint density at radius 1 is 1.19 bits per heavy atom. The normalized spacial score (nSPS) is 13.6. The largest absolute Gasteiger partial charge is 0.573 e. The van der Waals surface area contributed by atoms with Crippen molar-refractivity contribution < 1.29 is 22.7 Å². The number of primary amides is 1. The van der Waals surface area contributed by atoms with Crippen LogP contribution in [0.1, 0.15) is 25.0 Å². The molecule has 2 N–H and O–H groups in total. The van der Waals surface area contributed by atoms with Crippen molar-refractivity contribution in [2.75, 3.05) is 0 Å². The Hall–Kier alpha value is -2.18. The molecule has 0 atom stereocenters. The molecule has 0 saturated heterocycles. The molecule has 27 heavy (non-hydrogen) atoms. The summed E-state index contributed by atoms with van der Waals surface area (Å²) >= 11 is 12.2. The summed E-state index contributed by atoms with van der Waals surface area (Å²) in [5.41, 5.74) is 7.07. The van der Waals surface area contributed by atoms with Gasteiger partial charge in [0.25, 0.3) is 0 Å². The van der Waals surface area contributed by atoms with Crippen LogP contribution in [0.15, 0.2) is 47.6 Å². The standard InChI is InChI=1S/C19H18Cl2F3NO2/c1-11(5-4-6-12(2)9-17(25)26)7-8-14-15(20)10-16(13(3)18(14)21)27-19(22,23)24/h4-10H,1-3H3,(H2,25,26)/b6-4+,8-7+,11-5+,12-9+. The van der Waals surface area contributed by atoms with Crippen LogP contribution >= 0.6 is 23.2 Å². The fourth-order valence-electron chi connectivity index (χ4n) is 1.99. The van der Waals surface area contributed by atoms with Crippen LogP contribution in [0.5, 0.6) is 5.75 Å². The third-order valence-electron chi connectivity index (χ3n) is 3.28. The average molecular weight is 420 g/mol. The van der Waals surface area contributed by atoms with Crippen LogP contribution in [-0.2, 0) is 4.79 Å². The number of ether oxygens (including phenoxy) is 1. The van der Waals surface area contributed by atoms with Crippen LogP contribution in [0.25, 0.3) is 6.08 Å². The zero-order valence-corrected chi connectivity index (χ0v) is 16.3. The molecule has 0 aromatic heterocycles. The van der Waals surface area contributed by atoms with Gasteiger partial charge in [0.15, 0.2) is 0 Å². The van der Waals surface area contributed by atoms with Crippen molar-refractivity contribution in [3.05, 3.63) is 68.8 Å². The van der Waals surface area contributed by atoms with Crippen LogP contribution in [0.4, 0.5) is 13.2 Å². The number of hydrogen-bond donors (Lipinski definition) is 1. The van der Waals surface area contributed by atoms with Gasteiger partial charge in [-0.05, 0) is 26.3 Å². The molecule has 0 aliphatic heterocycles. The van der Waals surface area contributed by atoms with Gasteiger partial charge in [0.05, 0.1) is 10.0 Å². The number of allylic oxidation sites excluding steroid dienone is 6. The van der Waals surface area contributed by atoms with Gasteiger partial charge in [-0.25, -0.2) is 0 Å². The highest BCUT2D eigenvalue weighted by Gasteiger charge is 2.32. The SMILES string of the molecule is CC(/C=C/c1c(Cl)cc(OC(F)(F)F)c(C)c1Cl)=C\C=C\C(C)=C\C(N)=O. The summed E-state index contributed by atoms with van der Waals surface area (Å²) in [7, 11) is 0. The molecule has 0 spiro atoms. The van der Waals surface area contributed by atoms with Gasteiger partial charge in [-0.2, -0.15) is 0 Å². The Balaban J connectivity index is 3.04. The first kappa shape index (κ1) is 22.9. The second-order valence-electron chi connectivity index (χ2n) is 5.65. The van der Waals surface area contributed by atoms with Gasteiger partial charge in [-0.3, -0.25) is 4.79 Å². The topological polar surface area (TPSA) is 52.3 Å². The van der Waals surface area contributed by atoms with Gasteiger partial charge in [0.2, 0.25) is 5.91 Å². The second kappa shape index (κ2) is 9.67. The first-order valence-electron chi connectivity index (χ1n) is 7.66. The van der Waals surface area contributed by atoms with E-state index in [9.17, 15) is 18.0 Å². The minimum Gasteiger partial charge on any atom is -0.405 e. The van der Waals surface area contributed by atoms with E-state index in [0.29, 0.717) is 11.1 Å². The van der Waals surface area contributed by atoms with Crippen molar-refractivity contribution in [1.82, 2.24) is 0 Å². The molecular formula is C19H18Cl2F3NO2. The summed E-state index contributed by atoms with van der Waals surface area (Å²) in [6.07, 6.45) is 4.96. The molecule has 1 rings (SSSR count). The minimum atomic E-state index is -4.83. The molecule has 0 aliphatic rings. The zero-order valence-electron chi connectivity index (χ0n) is 14.8. The van der Waals surface area contributed by atoms with Crippen molar-refractivity contribution in [1.29, 1.82) is 0 Å². The van der Waals surface area contributed by atoms with Crippen molar-refractivity contribution >= 4 is 35.2 Å². The summed E-state index contributed by atoms with van der Waals surface area (Å²) in [5.74, 6) is -0.975. The lowest BCUT2D eigenvalue weighted by molar-refractivity contribution is -0.274. The molecule has 0 radical (unpaired) electrons. The molecule has 0 fully saturated rings. The Morgan fingerprint density at radius 3 is 2.37 bits per heavy atom. The highest BCUT2D eigenvalue weighted by Crippen LogP contribution is 2.38. The van der Waals surface area contributed by atoms with E-state index in [2.05, 4.69) is 4.74 Å². The molecule has 1 amide bonds. The quantitative estimate of drug-likeness (QED) is 0.444. The van der Waals surface area contributed by atoms with Crippen molar-refractivity contribution in [2.24, 2.45) is 5.73 Å². The lowest BCUT2D eigenvalue weighted by Crippen LogP contribution is -2.18. The lowest BCUT2D eigenvalue weighted by atomic mass is 10.1. The second-order valence-corrected chi connectivity index (χ2v) is 6.44. The number of rotatable bonds is 6. The lowest BCUT2D eigenvalue weighted by Gasteiger charge is -2.14. The Bertz CT molecular complexity index is 838. The first-order valence-corrected chi connectivity index (χ1v) is 8.41. The molecule has 3 nitrogen and oxygen atoms in total. The highest BCUT2D eigenvalue weighted by molar-refractivity contribution is 6.38. The van der Waals surface area contributed by atoms with E-state index >= 15 is 0 Å². The van der Waals surface area contributed by atoms with Gasteiger partial charge in [0.1, 0.15) is 5.75 Å². The molecule has 1 aromatic carbocycles. The maximum absolute atomic E-state index is 12.4. The molecule has 0 unspecified atom stereocenters. The van der Waals surface area contributed by atoms with E-state index in [1.807, 2.05) is 6.92 Å². The van der Waals surface area contributed by atoms with Gasteiger partial charge in [0, 0.05) is 23.3 Å². The number of amides is 1. The van der Waals surface area contributed by atoms with E-state index in [4.69, 9.17) is 28.9 Å². The Kier molecular flexibility index (Phi) is 8.19. The van der Waals surface area contributed by atoms with Crippen LogP contribution in [0.2, 0.25) is 10.0 Å². The van der Waals surface area contributed by atoms with Crippen molar-refractivity contribution in [3.63, 3.8) is 0 Å². The van der Waals surface area contributed by atoms with E-state index in [1.165, 1.54) is 13.0 Å². The minimum absolute atomic E-state index is 0.0321. The number of carbonyl (C=O) groups excluding carboxylic acids is 1. The average Bonchev–Trinajstić information content (AvgIpc) is 2.50. The predicted octanol–water partition coefficient (Wildman–Crippen LogP) is 6.15. The van der Waals surface area contributed by atoms with Gasteiger partial charge < -0.3 is 10.5 Å². The number of benzene rings is 1. The Morgan fingerprint density at radius 2 is 1.81 bits per heavy atom. The van der Waals surface area contributed by atoms with Gasteiger partial charge in [-0.1, -0.05) is 59.2 Å². The van der Waals surface area contributed by atoms with Gasteiger partial charge >= 0.3 is 6.36 Å². The molecule has 0 bridgehead atoms. The summed E-state index contributed by atoms with van der Waals surface area (Å²) in [6.45, 7) is 4.95. The summed E-state index contributed by atoms with van der Waals surface area (Å²) < 4.78 is 41.2. The molecule has 0 saturated carbocycles. The Labute approximate surface area is 165 Å². The maximum atomic E-state index is 12.4. The summed E-state index contributed by atoms with van der Waals surface area (Å²) in [6, 6.07) is 1.08. The van der Waals surface area contributed by atoms with Gasteiger partial charge in [-0.15, -0.1) is 13.2 Å². The predicted molar refractivity (Wildman–Crippen MR) is 103 cm³/mol.